The minimum atomic E-state index is -0.245. The Balaban J connectivity index is 3.15. The van der Waals surface area contributed by atoms with Gasteiger partial charge in [0, 0.05) is 17.3 Å². The van der Waals surface area contributed by atoms with Crippen LogP contribution >= 0.6 is 0 Å². The third kappa shape index (κ3) is 1.98. The van der Waals surface area contributed by atoms with Gasteiger partial charge in [-0.2, -0.15) is 0 Å². The summed E-state index contributed by atoms with van der Waals surface area (Å²) in [5.74, 6) is -0.245. The van der Waals surface area contributed by atoms with Crippen molar-refractivity contribution in [1.29, 1.82) is 0 Å². The molecule has 0 aliphatic rings. The first-order valence-corrected chi connectivity index (χ1v) is 4.29. The first-order valence-electron chi connectivity index (χ1n) is 4.29. The third-order valence-corrected chi connectivity index (χ3v) is 2.28. The lowest BCUT2D eigenvalue weighted by Crippen LogP contribution is -2.14. The van der Waals surface area contributed by atoms with E-state index in [1.807, 2.05) is 13.8 Å². The Hall–Kier alpha value is -1.09. The number of benzene rings is 1. The number of nitrogens with two attached hydrogens (primary N) is 1. The molecule has 0 radical (unpaired) electrons. The van der Waals surface area contributed by atoms with Crippen molar-refractivity contribution >= 4 is 5.69 Å². The van der Waals surface area contributed by atoms with E-state index in [9.17, 15) is 4.39 Å². The molecule has 1 rings (SSSR count). The van der Waals surface area contributed by atoms with Gasteiger partial charge in [0.2, 0.25) is 0 Å². The highest BCUT2D eigenvalue weighted by Gasteiger charge is 2.10. The normalized spacial score (nSPS) is 12.9. The van der Waals surface area contributed by atoms with E-state index in [2.05, 4.69) is 5.32 Å². The lowest BCUT2D eigenvalue weighted by molar-refractivity contribution is 0.562. The molecule has 0 bridgehead atoms. The van der Waals surface area contributed by atoms with E-state index in [1.165, 1.54) is 6.07 Å². The van der Waals surface area contributed by atoms with Crippen LogP contribution in [0.5, 0.6) is 0 Å². The van der Waals surface area contributed by atoms with Crippen LogP contribution in [0.15, 0.2) is 12.1 Å². The maximum atomic E-state index is 13.3. The summed E-state index contributed by atoms with van der Waals surface area (Å²) in [6.07, 6.45) is 0. The number of aryl methyl sites for hydroxylation is 1. The molecule has 0 aromatic heterocycles. The largest absolute Gasteiger partial charge is 0.398 e. The fourth-order valence-electron chi connectivity index (χ4n) is 1.21. The molecule has 1 atom stereocenters. The number of hydrogen-bond acceptors (Lipinski definition) is 2. The minimum absolute atomic E-state index is 0.0132. The number of nitrogen functional groups attached to an aromatic ring is 1. The summed E-state index contributed by atoms with van der Waals surface area (Å²) < 4.78 is 13.3. The molecule has 3 N–H and O–H groups in total. The van der Waals surface area contributed by atoms with E-state index in [0.29, 0.717) is 11.3 Å². The van der Waals surface area contributed by atoms with Gasteiger partial charge in [-0.3, -0.25) is 0 Å². The van der Waals surface area contributed by atoms with Crippen LogP contribution in [0.25, 0.3) is 0 Å². The summed E-state index contributed by atoms with van der Waals surface area (Å²) >= 11 is 0. The monoisotopic (exact) mass is 182 g/mol. The van der Waals surface area contributed by atoms with E-state index in [0.717, 1.165) is 5.56 Å². The minimum Gasteiger partial charge on any atom is -0.398 e. The molecule has 0 fully saturated rings. The summed E-state index contributed by atoms with van der Waals surface area (Å²) in [6.45, 7) is 3.79. The third-order valence-electron chi connectivity index (χ3n) is 2.28. The first-order chi connectivity index (χ1) is 6.06. The maximum Gasteiger partial charge on any atom is 0.130 e. The Kier molecular flexibility index (Phi) is 2.88. The number of anilines is 1. The van der Waals surface area contributed by atoms with Crippen molar-refractivity contribution in [3.05, 3.63) is 29.1 Å². The van der Waals surface area contributed by atoms with Crippen LogP contribution in [0.1, 0.15) is 24.1 Å². The van der Waals surface area contributed by atoms with Gasteiger partial charge in [-0.1, -0.05) is 0 Å². The number of hydrogen-bond donors (Lipinski definition) is 2. The molecule has 1 aromatic rings. The highest BCUT2D eigenvalue weighted by atomic mass is 19.1. The molecule has 0 amide bonds. The molecule has 0 saturated carbocycles. The van der Waals surface area contributed by atoms with Crippen LogP contribution in [0, 0.1) is 12.7 Å². The van der Waals surface area contributed by atoms with Crippen LogP contribution in [0.4, 0.5) is 10.1 Å². The van der Waals surface area contributed by atoms with Crippen molar-refractivity contribution in [3.8, 4) is 0 Å². The fraction of sp³-hybridized carbons (Fsp3) is 0.400. The van der Waals surface area contributed by atoms with Crippen LogP contribution in [0.2, 0.25) is 0 Å². The average Bonchev–Trinajstić information content (AvgIpc) is 2.10. The van der Waals surface area contributed by atoms with Gasteiger partial charge in [0.1, 0.15) is 5.82 Å². The van der Waals surface area contributed by atoms with Gasteiger partial charge in [-0.15, -0.1) is 0 Å². The zero-order valence-corrected chi connectivity index (χ0v) is 8.19. The first kappa shape index (κ1) is 9.99. The van der Waals surface area contributed by atoms with Crippen molar-refractivity contribution in [1.82, 2.24) is 5.32 Å². The summed E-state index contributed by atoms with van der Waals surface area (Å²) in [4.78, 5) is 0. The standard InChI is InChI=1S/C10H15FN2/c1-6-4-8(7(2)13-3)9(11)5-10(6)12/h4-5,7,13H,12H2,1-3H3. The van der Waals surface area contributed by atoms with Crippen LogP contribution in [0.3, 0.4) is 0 Å². The van der Waals surface area contributed by atoms with Gasteiger partial charge < -0.3 is 11.1 Å². The predicted molar refractivity (Wildman–Crippen MR) is 53.0 cm³/mol. The Morgan fingerprint density at radius 3 is 2.62 bits per heavy atom. The highest BCUT2D eigenvalue weighted by molar-refractivity contribution is 5.48. The van der Waals surface area contributed by atoms with Crippen molar-refractivity contribution < 1.29 is 4.39 Å². The van der Waals surface area contributed by atoms with Crippen LogP contribution in [-0.2, 0) is 0 Å². The van der Waals surface area contributed by atoms with Gasteiger partial charge in [-0.25, -0.2) is 4.39 Å². The van der Waals surface area contributed by atoms with Crippen LogP contribution < -0.4 is 11.1 Å². The molecule has 1 unspecified atom stereocenters. The lowest BCUT2D eigenvalue weighted by Gasteiger charge is -2.13. The highest BCUT2D eigenvalue weighted by Crippen LogP contribution is 2.22. The second-order valence-electron chi connectivity index (χ2n) is 3.24. The molecular formula is C10H15FN2. The van der Waals surface area contributed by atoms with Crippen molar-refractivity contribution in [2.45, 2.75) is 19.9 Å². The average molecular weight is 182 g/mol. The quantitative estimate of drug-likeness (QED) is 0.686. The predicted octanol–water partition coefficient (Wildman–Crippen LogP) is 2.00. The SMILES string of the molecule is CNC(C)c1cc(C)c(N)cc1F. The topological polar surface area (TPSA) is 38.0 Å². The van der Waals surface area contributed by atoms with Gasteiger partial charge in [0.05, 0.1) is 0 Å². The summed E-state index contributed by atoms with van der Waals surface area (Å²) in [7, 11) is 1.80. The molecule has 0 heterocycles. The van der Waals surface area contributed by atoms with Gasteiger partial charge in [-0.05, 0) is 38.6 Å². The summed E-state index contributed by atoms with van der Waals surface area (Å²) in [5.41, 5.74) is 7.65. The van der Waals surface area contributed by atoms with Crippen molar-refractivity contribution in [2.75, 3.05) is 12.8 Å². The molecule has 13 heavy (non-hydrogen) atoms. The number of rotatable bonds is 2. The smallest absolute Gasteiger partial charge is 0.130 e. The van der Waals surface area contributed by atoms with E-state index in [1.54, 1.807) is 13.1 Å². The molecule has 1 aromatic carbocycles. The molecular weight excluding hydrogens is 167 g/mol. The van der Waals surface area contributed by atoms with Gasteiger partial charge >= 0.3 is 0 Å². The zero-order valence-electron chi connectivity index (χ0n) is 8.19. The molecule has 2 nitrogen and oxygen atoms in total. The van der Waals surface area contributed by atoms with E-state index in [4.69, 9.17) is 5.73 Å². The molecule has 0 saturated heterocycles. The Labute approximate surface area is 77.9 Å². The van der Waals surface area contributed by atoms with E-state index < -0.39 is 0 Å². The Bertz CT molecular complexity index is 310. The number of halogens is 1. The molecule has 0 aliphatic carbocycles. The lowest BCUT2D eigenvalue weighted by atomic mass is 10.0. The number of nitrogens with one attached hydrogen (secondary N) is 1. The van der Waals surface area contributed by atoms with Gasteiger partial charge in [0.15, 0.2) is 0 Å². The Morgan fingerprint density at radius 2 is 2.08 bits per heavy atom. The van der Waals surface area contributed by atoms with E-state index >= 15 is 0 Å². The molecule has 0 aliphatic heterocycles. The second-order valence-corrected chi connectivity index (χ2v) is 3.24. The molecule has 72 valence electrons. The second kappa shape index (κ2) is 3.75. The zero-order chi connectivity index (χ0) is 10.0. The Morgan fingerprint density at radius 1 is 1.46 bits per heavy atom. The molecule has 3 heteroatoms. The summed E-state index contributed by atoms with van der Waals surface area (Å²) in [5, 5.41) is 2.99. The molecule has 0 spiro atoms. The van der Waals surface area contributed by atoms with Crippen molar-refractivity contribution in [3.63, 3.8) is 0 Å². The van der Waals surface area contributed by atoms with Crippen LogP contribution in [-0.4, -0.2) is 7.05 Å². The van der Waals surface area contributed by atoms with E-state index in [-0.39, 0.29) is 11.9 Å². The fourth-order valence-corrected chi connectivity index (χ4v) is 1.21. The van der Waals surface area contributed by atoms with Gasteiger partial charge in [0.25, 0.3) is 0 Å². The van der Waals surface area contributed by atoms with Crippen molar-refractivity contribution in [2.24, 2.45) is 0 Å². The maximum absolute atomic E-state index is 13.3. The summed E-state index contributed by atoms with van der Waals surface area (Å²) in [6, 6.07) is 3.17.